The summed E-state index contributed by atoms with van der Waals surface area (Å²) in [4.78, 5) is 7.21. The average Bonchev–Trinajstić information content (AvgIpc) is 3.40. The fourth-order valence-corrected chi connectivity index (χ4v) is 4.26. The van der Waals surface area contributed by atoms with Crippen molar-refractivity contribution in [1.29, 1.82) is 0 Å². The van der Waals surface area contributed by atoms with Crippen LogP contribution in [-0.4, -0.2) is 57.3 Å². The third kappa shape index (κ3) is 6.65. The van der Waals surface area contributed by atoms with Crippen molar-refractivity contribution < 1.29 is 9.47 Å². The number of rotatable bonds is 9. The van der Waals surface area contributed by atoms with Gasteiger partial charge in [-0.1, -0.05) is 0 Å². The van der Waals surface area contributed by atoms with Gasteiger partial charge in [-0.15, -0.1) is 0 Å². The molecule has 3 rings (SSSR count). The van der Waals surface area contributed by atoms with E-state index in [0.29, 0.717) is 6.04 Å². The van der Waals surface area contributed by atoms with Gasteiger partial charge in [0, 0.05) is 44.8 Å². The molecule has 0 spiro atoms. The van der Waals surface area contributed by atoms with Crippen LogP contribution in [0.3, 0.4) is 0 Å². The number of methoxy groups -OCH3 is 2. The third-order valence-corrected chi connectivity index (χ3v) is 5.76. The summed E-state index contributed by atoms with van der Waals surface area (Å²) in [5, 5.41) is 11.3. The Labute approximate surface area is 177 Å². The van der Waals surface area contributed by atoms with Gasteiger partial charge >= 0.3 is 0 Å². The molecule has 1 fully saturated rings. The summed E-state index contributed by atoms with van der Waals surface area (Å²) in [7, 11) is 3.38. The number of hydrogen-bond acceptors (Lipinski definition) is 5. The summed E-state index contributed by atoms with van der Waals surface area (Å²) < 4.78 is 10.8. The van der Waals surface area contributed by atoms with Gasteiger partial charge < -0.3 is 20.1 Å². The Morgan fingerprint density at radius 2 is 2.00 bits per heavy atom. The van der Waals surface area contributed by atoms with Crippen LogP contribution in [0.5, 0.6) is 11.5 Å². The molecule has 0 amide bonds. The van der Waals surface area contributed by atoms with E-state index in [1.165, 1.54) is 11.1 Å². The van der Waals surface area contributed by atoms with Crippen molar-refractivity contribution in [3.63, 3.8) is 0 Å². The van der Waals surface area contributed by atoms with Gasteiger partial charge in [0.15, 0.2) is 5.96 Å². The lowest BCUT2D eigenvalue weighted by Crippen LogP contribution is -2.44. The number of guanidine groups is 1. The van der Waals surface area contributed by atoms with E-state index in [0.717, 1.165) is 63.0 Å². The predicted octanol–water partition coefficient (Wildman–Crippen LogP) is 3.14. The topological polar surface area (TPSA) is 58.1 Å². The highest BCUT2D eigenvalue weighted by atomic mass is 32.1. The minimum Gasteiger partial charge on any atom is -0.497 e. The molecule has 29 heavy (non-hydrogen) atoms. The van der Waals surface area contributed by atoms with Crippen molar-refractivity contribution in [3.05, 3.63) is 46.2 Å². The minimum atomic E-state index is 0.404. The first-order valence-electron chi connectivity index (χ1n) is 10.2. The lowest BCUT2D eigenvalue weighted by atomic mass is 10.2. The van der Waals surface area contributed by atoms with E-state index in [4.69, 9.17) is 14.5 Å². The van der Waals surface area contributed by atoms with E-state index in [2.05, 4.69) is 51.4 Å². The van der Waals surface area contributed by atoms with Crippen LogP contribution in [0.1, 0.15) is 24.5 Å². The highest BCUT2D eigenvalue weighted by Crippen LogP contribution is 2.24. The first-order chi connectivity index (χ1) is 14.2. The predicted molar refractivity (Wildman–Crippen MR) is 120 cm³/mol. The Bertz CT molecular complexity index is 757. The Kier molecular flexibility index (Phi) is 8.19. The van der Waals surface area contributed by atoms with E-state index >= 15 is 0 Å². The zero-order valence-electron chi connectivity index (χ0n) is 17.6. The second-order valence-corrected chi connectivity index (χ2v) is 8.01. The molecule has 1 aliphatic heterocycles. The number of thiophene rings is 1. The summed E-state index contributed by atoms with van der Waals surface area (Å²) in [6.07, 6.45) is 2.09. The standard InChI is InChI=1S/C22H32N4O2S/c1-4-23-22(24-8-5-17-7-10-29-16-17)25-19-6-9-26(15-19)14-18-11-20(27-2)13-21(12-18)28-3/h7,10-13,16,19H,4-6,8-9,14-15H2,1-3H3,(H2,23,24,25). The van der Waals surface area contributed by atoms with Gasteiger partial charge in [-0.3, -0.25) is 9.89 Å². The Hall–Kier alpha value is -2.25. The van der Waals surface area contributed by atoms with E-state index in [9.17, 15) is 0 Å². The third-order valence-electron chi connectivity index (χ3n) is 5.03. The van der Waals surface area contributed by atoms with Crippen molar-refractivity contribution in [1.82, 2.24) is 15.5 Å². The van der Waals surface area contributed by atoms with Crippen LogP contribution >= 0.6 is 11.3 Å². The van der Waals surface area contributed by atoms with E-state index in [1.807, 2.05) is 6.07 Å². The summed E-state index contributed by atoms with van der Waals surface area (Å²) in [6.45, 7) is 6.71. The number of nitrogens with one attached hydrogen (secondary N) is 2. The van der Waals surface area contributed by atoms with Crippen molar-refractivity contribution in [2.75, 3.05) is 40.4 Å². The normalized spacial score (nSPS) is 17.3. The highest BCUT2D eigenvalue weighted by Gasteiger charge is 2.23. The van der Waals surface area contributed by atoms with Crippen molar-refractivity contribution in [2.45, 2.75) is 32.4 Å². The Balaban J connectivity index is 1.52. The maximum Gasteiger partial charge on any atom is 0.191 e. The molecule has 158 valence electrons. The lowest BCUT2D eigenvalue weighted by Gasteiger charge is -2.19. The summed E-state index contributed by atoms with van der Waals surface area (Å²) in [6, 6.07) is 8.65. The van der Waals surface area contributed by atoms with Gasteiger partial charge in [0.25, 0.3) is 0 Å². The van der Waals surface area contributed by atoms with E-state index in [1.54, 1.807) is 25.6 Å². The summed E-state index contributed by atoms with van der Waals surface area (Å²) in [5.74, 6) is 2.58. The van der Waals surface area contributed by atoms with E-state index < -0.39 is 0 Å². The highest BCUT2D eigenvalue weighted by molar-refractivity contribution is 7.07. The van der Waals surface area contributed by atoms with Gasteiger partial charge in [-0.2, -0.15) is 11.3 Å². The second-order valence-electron chi connectivity index (χ2n) is 7.23. The van der Waals surface area contributed by atoms with Crippen LogP contribution in [0.4, 0.5) is 0 Å². The first kappa shape index (κ1) is 21.5. The van der Waals surface area contributed by atoms with Crippen LogP contribution in [0.25, 0.3) is 0 Å². The quantitative estimate of drug-likeness (QED) is 0.486. The van der Waals surface area contributed by atoms with E-state index in [-0.39, 0.29) is 0 Å². The number of nitrogens with zero attached hydrogens (tertiary/aromatic N) is 2. The second kappa shape index (κ2) is 11.1. The molecule has 2 aromatic rings. The number of likely N-dealkylation sites (tertiary alicyclic amines) is 1. The molecule has 1 aromatic carbocycles. The molecule has 1 saturated heterocycles. The largest absolute Gasteiger partial charge is 0.497 e. The lowest BCUT2D eigenvalue weighted by molar-refractivity contribution is 0.321. The zero-order chi connectivity index (χ0) is 20.5. The molecule has 2 heterocycles. The van der Waals surface area contributed by atoms with Gasteiger partial charge in [-0.25, -0.2) is 0 Å². The molecular formula is C22H32N4O2S. The molecule has 1 aliphatic rings. The molecule has 1 aromatic heterocycles. The molecule has 7 heteroatoms. The molecule has 0 radical (unpaired) electrons. The molecule has 0 aliphatic carbocycles. The molecule has 6 nitrogen and oxygen atoms in total. The number of hydrogen-bond donors (Lipinski definition) is 2. The summed E-state index contributed by atoms with van der Waals surface area (Å²) in [5.41, 5.74) is 2.56. The van der Waals surface area contributed by atoms with Gasteiger partial charge in [0.1, 0.15) is 11.5 Å². The number of aliphatic imine (C=N–C) groups is 1. The maximum absolute atomic E-state index is 5.39. The Morgan fingerprint density at radius 1 is 1.21 bits per heavy atom. The van der Waals surface area contributed by atoms with Crippen molar-refractivity contribution >= 4 is 17.3 Å². The van der Waals surface area contributed by atoms with Crippen LogP contribution in [0.2, 0.25) is 0 Å². The monoisotopic (exact) mass is 416 g/mol. The SMILES string of the molecule is CCNC(=NCCc1ccsc1)NC1CCN(Cc2cc(OC)cc(OC)c2)C1. The van der Waals surface area contributed by atoms with Crippen LogP contribution in [-0.2, 0) is 13.0 Å². The smallest absolute Gasteiger partial charge is 0.191 e. The molecular weight excluding hydrogens is 384 g/mol. The number of ether oxygens (including phenoxy) is 2. The minimum absolute atomic E-state index is 0.404. The molecule has 1 unspecified atom stereocenters. The van der Waals surface area contributed by atoms with Gasteiger partial charge in [0.2, 0.25) is 0 Å². The van der Waals surface area contributed by atoms with Gasteiger partial charge in [-0.05, 0) is 59.9 Å². The summed E-state index contributed by atoms with van der Waals surface area (Å²) >= 11 is 1.74. The van der Waals surface area contributed by atoms with Crippen LogP contribution < -0.4 is 20.1 Å². The first-order valence-corrected chi connectivity index (χ1v) is 11.1. The van der Waals surface area contributed by atoms with Crippen LogP contribution in [0, 0.1) is 0 Å². The molecule has 2 N–H and O–H groups in total. The van der Waals surface area contributed by atoms with Crippen molar-refractivity contribution in [2.24, 2.45) is 4.99 Å². The molecule has 0 bridgehead atoms. The fourth-order valence-electron chi connectivity index (χ4n) is 3.56. The van der Waals surface area contributed by atoms with Crippen LogP contribution in [0.15, 0.2) is 40.0 Å². The fraction of sp³-hybridized carbons (Fsp3) is 0.500. The molecule has 1 atom stereocenters. The average molecular weight is 417 g/mol. The number of benzene rings is 1. The zero-order valence-corrected chi connectivity index (χ0v) is 18.4. The maximum atomic E-state index is 5.39. The van der Waals surface area contributed by atoms with Gasteiger partial charge in [0.05, 0.1) is 14.2 Å². The van der Waals surface area contributed by atoms with Crippen molar-refractivity contribution in [3.8, 4) is 11.5 Å². The Morgan fingerprint density at radius 3 is 2.66 bits per heavy atom. The molecule has 0 saturated carbocycles.